The molecule has 0 spiro atoms. The number of non-ortho nitro benzene ring substituents is 1. The molecule has 0 atom stereocenters. The Balaban J connectivity index is 2.25. The molecule has 0 heterocycles. The molecule has 1 fully saturated rings. The summed E-state index contributed by atoms with van der Waals surface area (Å²) in [6.45, 7) is 0. The number of hydrogen-bond donors (Lipinski definition) is 0. The Hall–Kier alpha value is -1.29. The van der Waals surface area contributed by atoms with E-state index in [2.05, 4.69) is 11.9 Å². The molecule has 0 aliphatic heterocycles. The lowest BCUT2D eigenvalue weighted by Gasteiger charge is -2.34. The predicted molar refractivity (Wildman–Crippen MR) is 77.9 cm³/mol. The number of anilines is 1. The minimum atomic E-state index is -0.375. The number of halogens is 1. The average molecular weight is 283 g/mol. The van der Waals surface area contributed by atoms with E-state index in [1.807, 2.05) is 6.07 Å². The van der Waals surface area contributed by atoms with Gasteiger partial charge in [0, 0.05) is 36.8 Å². The number of hydrogen-bond acceptors (Lipinski definition) is 3. The van der Waals surface area contributed by atoms with Gasteiger partial charge in [-0.05, 0) is 24.5 Å². The number of alkyl halides is 1. The number of benzene rings is 1. The molecule has 0 radical (unpaired) electrons. The van der Waals surface area contributed by atoms with Crippen molar-refractivity contribution in [3.05, 3.63) is 33.9 Å². The highest BCUT2D eigenvalue weighted by Crippen LogP contribution is 2.31. The molecular weight excluding hydrogens is 264 g/mol. The van der Waals surface area contributed by atoms with E-state index in [4.69, 9.17) is 11.6 Å². The van der Waals surface area contributed by atoms with Gasteiger partial charge < -0.3 is 4.90 Å². The van der Waals surface area contributed by atoms with Crippen molar-refractivity contribution >= 4 is 23.0 Å². The predicted octanol–water partition coefficient (Wildman–Crippen LogP) is 4.10. The molecule has 2 rings (SSSR count). The summed E-state index contributed by atoms with van der Waals surface area (Å²) in [6, 6.07) is 5.49. The van der Waals surface area contributed by atoms with Gasteiger partial charge >= 0.3 is 0 Å². The van der Waals surface area contributed by atoms with Gasteiger partial charge in [-0.1, -0.05) is 19.3 Å². The summed E-state index contributed by atoms with van der Waals surface area (Å²) >= 11 is 5.94. The molecule has 104 valence electrons. The summed E-state index contributed by atoms with van der Waals surface area (Å²) in [5.41, 5.74) is 1.97. The van der Waals surface area contributed by atoms with Crippen molar-refractivity contribution in [3.8, 4) is 0 Å². The van der Waals surface area contributed by atoms with E-state index in [0.29, 0.717) is 11.9 Å². The molecule has 0 N–H and O–H groups in total. The van der Waals surface area contributed by atoms with E-state index < -0.39 is 0 Å². The van der Waals surface area contributed by atoms with Crippen molar-refractivity contribution in [2.45, 2.75) is 44.0 Å². The second kappa shape index (κ2) is 6.24. The van der Waals surface area contributed by atoms with E-state index in [1.54, 1.807) is 12.1 Å². The zero-order chi connectivity index (χ0) is 13.8. The molecule has 1 aliphatic carbocycles. The lowest BCUT2D eigenvalue weighted by atomic mass is 9.94. The zero-order valence-electron chi connectivity index (χ0n) is 11.1. The fourth-order valence-corrected chi connectivity index (χ4v) is 3.02. The zero-order valence-corrected chi connectivity index (χ0v) is 11.9. The molecule has 1 saturated carbocycles. The lowest BCUT2D eigenvalue weighted by Crippen LogP contribution is -2.33. The normalized spacial score (nSPS) is 16.3. The number of rotatable bonds is 4. The molecule has 0 aromatic heterocycles. The molecule has 1 aromatic carbocycles. The highest BCUT2D eigenvalue weighted by Gasteiger charge is 2.21. The second-order valence-corrected chi connectivity index (χ2v) is 5.37. The van der Waals surface area contributed by atoms with E-state index in [0.717, 1.165) is 11.3 Å². The molecule has 0 bridgehead atoms. The van der Waals surface area contributed by atoms with Crippen LogP contribution < -0.4 is 4.90 Å². The van der Waals surface area contributed by atoms with Crippen LogP contribution in [0.25, 0.3) is 0 Å². The molecule has 19 heavy (non-hydrogen) atoms. The molecule has 1 aromatic rings. The van der Waals surface area contributed by atoms with Gasteiger partial charge in [-0.3, -0.25) is 10.1 Å². The lowest BCUT2D eigenvalue weighted by molar-refractivity contribution is -0.384. The third-order valence-electron chi connectivity index (χ3n) is 3.92. The van der Waals surface area contributed by atoms with Crippen LogP contribution in [0.5, 0.6) is 0 Å². The molecular formula is C14H19ClN2O2. The first kappa shape index (κ1) is 14.1. The van der Waals surface area contributed by atoms with E-state index >= 15 is 0 Å². The smallest absolute Gasteiger partial charge is 0.269 e. The third kappa shape index (κ3) is 3.18. The maximum atomic E-state index is 10.8. The maximum Gasteiger partial charge on any atom is 0.269 e. The molecule has 0 amide bonds. The Kier molecular flexibility index (Phi) is 4.64. The van der Waals surface area contributed by atoms with Crippen LogP contribution in [0.15, 0.2) is 18.2 Å². The summed E-state index contributed by atoms with van der Waals surface area (Å²) in [5, 5.41) is 10.8. The quantitative estimate of drug-likeness (QED) is 0.474. The largest absolute Gasteiger partial charge is 0.371 e. The molecule has 5 heteroatoms. The fourth-order valence-electron chi connectivity index (χ4n) is 2.80. The highest BCUT2D eigenvalue weighted by molar-refractivity contribution is 6.17. The summed E-state index contributed by atoms with van der Waals surface area (Å²) in [7, 11) is 2.06. The average Bonchev–Trinajstić information content (AvgIpc) is 2.46. The Bertz CT molecular complexity index is 459. The van der Waals surface area contributed by atoms with Gasteiger partial charge in [0.15, 0.2) is 0 Å². The first-order chi connectivity index (χ1) is 9.13. The van der Waals surface area contributed by atoms with Gasteiger partial charge in [-0.15, -0.1) is 11.6 Å². The van der Waals surface area contributed by atoms with Gasteiger partial charge in [0.05, 0.1) is 4.92 Å². The van der Waals surface area contributed by atoms with Crippen molar-refractivity contribution in [1.29, 1.82) is 0 Å². The van der Waals surface area contributed by atoms with Crippen molar-refractivity contribution in [3.63, 3.8) is 0 Å². The Morgan fingerprint density at radius 3 is 2.63 bits per heavy atom. The molecule has 1 aliphatic rings. The Labute approximate surface area is 118 Å². The van der Waals surface area contributed by atoms with Crippen molar-refractivity contribution in [2.24, 2.45) is 0 Å². The first-order valence-corrected chi connectivity index (χ1v) is 7.23. The topological polar surface area (TPSA) is 46.4 Å². The van der Waals surface area contributed by atoms with Crippen LogP contribution in [0.4, 0.5) is 11.4 Å². The van der Waals surface area contributed by atoms with Crippen LogP contribution in [0.1, 0.15) is 37.7 Å². The van der Waals surface area contributed by atoms with Gasteiger partial charge in [0.1, 0.15) is 0 Å². The number of nitro benzene ring substituents is 1. The Morgan fingerprint density at radius 1 is 1.37 bits per heavy atom. The molecule has 0 saturated heterocycles. The summed E-state index contributed by atoms with van der Waals surface area (Å²) in [6.07, 6.45) is 6.22. The highest BCUT2D eigenvalue weighted by atomic mass is 35.5. The van der Waals surface area contributed by atoms with Crippen molar-refractivity contribution in [2.75, 3.05) is 11.9 Å². The standard InChI is InChI=1S/C14H19ClN2O2/c1-16(12-5-3-2-4-6-12)14-8-7-13(17(18)19)9-11(14)10-15/h7-9,12H,2-6,10H2,1H3. The van der Waals surface area contributed by atoms with Gasteiger partial charge in [0.25, 0.3) is 5.69 Å². The van der Waals surface area contributed by atoms with Gasteiger partial charge in [-0.2, -0.15) is 0 Å². The van der Waals surface area contributed by atoms with Crippen LogP contribution in [-0.4, -0.2) is 18.0 Å². The van der Waals surface area contributed by atoms with Crippen LogP contribution in [0, 0.1) is 10.1 Å². The maximum absolute atomic E-state index is 10.8. The van der Waals surface area contributed by atoms with Crippen LogP contribution in [-0.2, 0) is 5.88 Å². The van der Waals surface area contributed by atoms with Crippen LogP contribution >= 0.6 is 11.6 Å². The van der Waals surface area contributed by atoms with Crippen LogP contribution in [0.2, 0.25) is 0 Å². The van der Waals surface area contributed by atoms with Crippen LogP contribution in [0.3, 0.4) is 0 Å². The van der Waals surface area contributed by atoms with Crippen molar-refractivity contribution in [1.82, 2.24) is 0 Å². The summed E-state index contributed by atoms with van der Waals surface area (Å²) in [5.74, 6) is 0.300. The number of nitrogens with zero attached hydrogens (tertiary/aromatic N) is 2. The van der Waals surface area contributed by atoms with Gasteiger partial charge in [0.2, 0.25) is 0 Å². The first-order valence-electron chi connectivity index (χ1n) is 6.69. The molecule has 4 nitrogen and oxygen atoms in total. The fraction of sp³-hybridized carbons (Fsp3) is 0.571. The van der Waals surface area contributed by atoms with E-state index in [-0.39, 0.29) is 10.6 Å². The summed E-state index contributed by atoms with van der Waals surface area (Å²) in [4.78, 5) is 12.7. The summed E-state index contributed by atoms with van der Waals surface area (Å²) < 4.78 is 0. The van der Waals surface area contributed by atoms with E-state index in [9.17, 15) is 10.1 Å². The monoisotopic (exact) mass is 282 g/mol. The SMILES string of the molecule is CN(c1ccc([N+](=O)[O-])cc1CCl)C1CCCCC1. The Morgan fingerprint density at radius 2 is 2.05 bits per heavy atom. The second-order valence-electron chi connectivity index (χ2n) is 5.11. The third-order valence-corrected chi connectivity index (χ3v) is 4.21. The number of nitro groups is 1. The van der Waals surface area contributed by atoms with Crippen molar-refractivity contribution < 1.29 is 4.92 Å². The minimum Gasteiger partial charge on any atom is -0.371 e. The van der Waals surface area contributed by atoms with E-state index in [1.165, 1.54) is 32.1 Å². The molecule has 0 unspecified atom stereocenters. The minimum absolute atomic E-state index is 0.108. The van der Waals surface area contributed by atoms with Gasteiger partial charge in [-0.25, -0.2) is 0 Å².